The molecule has 0 fully saturated rings. The number of rotatable bonds is 5. The molecule has 23 heavy (non-hydrogen) atoms. The smallest absolute Gasteiger partial charge is 0.251 e. The van der Waals surface area contributed by atoms with E-state index in [9.17, 15) is 9.59 Å². The predicted molar refractivity (Wildman–Crippen MR) is 91.4 cm³/mol. The zero-order valence-electron chi connectivity index (χ0n) is 13.1. The number of amides is 2. The zero-order valence-corrected chi connectivity index (χ0v) is 13.9. The highest BCUT2D eigenvalue weighted by molar-refractivity contribution is 6.30. The molecule has 5 heteroatoms. The van der Waals surface area contributed by atoms with Crippen LogP contribution in [0.2, 0.25) is 5.02 Å². The van der Waals surface area contributed by atoms with E-state index in [-0.39, 0.29) is 18.4 Å². The van der Waals surface area contributed by atoms with E-state index in [1.54, 1.807) is 30.3 Å². The molecule has 0 heterocycles. The van der Waals surface area contributed by atoms with Crippen molar-refractivity contribution >= 4 is 23.4 Å². The Morgan fingerprint density at radius 2 is 1.74 bits per heavy atom. The van der Waals surface area contributed by atoms with Crippen LogP contribution in [0.4, 0.5) is 0 Å². The maximum atomic E-state index is 12.1. The van der Waals surface area contributed by atoms with E-state index in [1.807, 2.05) is 38.1 Å². The molecule has 0 bridgehead atoms. The summed E-state index contributed by atoms with van der Waals surface area (Å²) in [7, 11) is 0. The molecule has 120 valence electrons. The first-order valence-corrected chi connectivity index (χ1v) is 7.66. The van der Waals surface area contributed by atoms with Crippen LogP contribution in [0.1, 0.15) is 29.8 Å². The fourth-order valence-corrected chi connectivity index (χ4v) is 2.38. The van der Waals surface area contributed by atoms with Crippen molar-refractivity contribution in [3.63, 3.8) is 0 Å². The summed E-state index contributed by atoms with van der Waals surface area (Å²) in [6.45, 7) is 3.68. The van der Waals surface area contributed by atoms with Crippen LogP contribution in [0.3, 0.4) is 0 Å². The molecule has 0 unspecified atom stereocenters. The summed E-state index contributed by atoms with van der Waals surface area (Å²) in [5, 5.41) is 6.11. The molecule has 2 N–H and O–H groups in total. The lowest BCUT2D eigenvalue weighted by atomic mass is 9.94. The second-order valence-electron chi connectivity index (χ2n) is 5.73. The minimum absolute atomic E-state index is 0.0856. The number of halogens is 1. The molecule has 4 nitrogen and oxygen atoms in total. The molecule has 0 spiro atoms. The van der Waals surface area contributed by atoms with Crippen LogP contribution in [0.25, 0.3) is 0 Å². The van der Waals surface area contributed by atoms with Crippen molar-refractivity contribution in [1.82, 2.24) is 10.6 Å². The third-order valence-electron chi connectivity index (χ3n) is 3.44. The molecule has 0 aliphatic rings. The van der Waals surface area contributed by atoms with E-state index in [1.165, 1.54) is 0 Å². The van der Waals surface area contributed by atoms with Gasteiger partial charge in [-0.25, -0.2) is 0 Å². The molecule has 0 saturated carbocycles. The Morgan fingerprint density at radius 1 is 1.04 bits per heavy atom. The van der Waals surface area contributed by atoms with Crippen LogP contribution in [0.15, 0.2) is 54.6 Å². The third kappa shape index (κ3) is 4.83. The summed E-state index contributed by atoms with van der Waals surface area (Å²) >= 11 is 5.99. The molecule has 0 atom stereocenters. The van der Waals surface area contributed by atoms with Crippen LogP contribution in [-0.2, 0) is 10.3 Å². The van der Waals surface area contributed by atoms with Crippen molar-refractivity contribution in [2.75, 3.05) is 6.54 Å². The zero-order chi connectivity index (χ0) is 16.9. The van der Waals surface area contributed by atoms with Gasteiger partial charge in [0.1, 0.15) is 0 Å². The average molecular weight is 331 g/mol. The van der Waals surface area contributed by atoms with Gasteiger partial charge in [-0.15, -0.1) is 0 Å². The minimum atomic E-state index is -0.584. The van der Waals surface area contributed by atoms with Crippen LogP contribution in [-0.4, -0.2) is 18.4 Å². The summed E-state index contributed by atoms with van der Waals surface area (Å²) in [6.07, 6.45) is 0. The monoisotopic (exact) mass is 330 g/mol. The van der Waals surface area contributed by atoms with Crippen LogP contribution in [0, 0.1) is 0 Å². The minimum Gasteiger partial charge on any atom is -0.346 e. The highest BCUT2D eigenvalue weighted by atomic mass is 35.5. The normalized spacial score (nSPS) is 10.9. The average Bonchev–Trinajstić information content (AvgIpc) is 2.53. The second kappa shape index (κ2) is 7.29. The fourth-order valence-electron chi connectivity index (χ4n) is 2.19. The molecular weight excluding hydrogens is 312 g/mol. The number of nitrogens with one attached hydrogen (secondary N) is 2. The van der Waals surface area contributed by atoms with Gasteiger partial charge in [0, 0.05) is 10.6 Å². The Hall–Kier alpha value is -2.33. The van der Waals surface area contributed by atoms with Gasteiger partial charge in [0.15, 0.2) is 0 Å². The summed E-state index contributed by atoms with van der Waals surface area (Å²) < 4.78 is 0. The SMILES string of the molecule is CC(C)(NC(=O)CNC(=O)c1ccccc1)c1cccc(Cl)c1. The van der Waals surface area contributed by atoms with Crippen molar-refractivity contribution in [3.8, 4) is 0 Å². The lowest BCUT2D eigenvalue weighted by Crippen LogP contribution is -2.45. The Morgan fingerprint density at radius 3 is 2.39 bits per heavy atom. The van der Waals surface area contributed by atoms with E-state index in [0.29, 0.717) is 10.6 Å². The Labute approximate surface area is 140 Å². The lowest BCUT2D eigenvalue weighted by molar-refractivity contribution is -0.121. The van der Waals surface area contributed by atoms with Crippen molar-refractivity contribution < 1.29 is 9.59 Å². The summed E-state index contributed by atoms with van der Waals surface area (Å²) in [5.74, 6) is -0.541. The number of hydrogen-bond acceptors (Lipinski definition) is 2. The van der Waals surface area contributed by atoms with E-state index >= 15 is 0 Å². The Balaban J connectivity index is 1.93. The largest absolute Gasteiger partial charge is 0.346 e. The molecule has 0 saturated heterocycles. The van der Waals surface area contributed by atoms with Gasteiger partial charge in [0.2, 0.25) is 5.91 Å². The first-order chi connectivity index (χ1) is 10.9. The molecule has 2 rings (SSSR count). The number of carbonyl (C=O) groups is 2. The van der Waals surface area contributed by atoms with Gasteiger partial charge >= 0.3 is 0 Å². The standard InChI is InChI=1S/C18H19ClN2O2/c1-18(2,14-9-6-10-15(19)11-14)21-16(22)12-20-17(23)13-7-4-3-5-8-13/h3-11H,12H2,1-2H3,(H,20,23)(H,21,22). The van der Waals surface area contributed by atoms with E-state index in [0.717, 1.165) is 5.56 Å². The van der Waals surface area contributed by atoms with Crippen LogP contribution < -0.4 is 10.6 Å². The van der Waals surface area contributed by atoms with Crippen molar-refractivity contribution in [2.45, 2.75) is 19.4 Å². The van der Waals surface area contributed by atoms with E-state index in [2.05, 4.69) is 10.6 Å². The van der Waals surface area contributed by atoms with Gasteiger partial charge in [-0.05, 0) is 43.7 Å². The van der Waals surface area contributed by atoms with Gasteiger partial charge in [-0.2, -0.15) is 0 Å². The Kier molecular flexibility index (Phi) is 5.40. The van der Waals surface area contributed by atoms with Gasteiger partial charge in [0.05, 0.1) is 12.1 Å². The number of benzene rings is 2. The third-order valence-corrected chi connectivity index (χ3v) is 3.68. The van der Waals surface area contributed by atoms with Gasteiger partial charge in [-0.1, -0.05) is 41.9 Å². The van der Waals surface area contributed by atoms with Crippen molar-refractivity contribution in [2.24, 2.45) is 0 Å². The lowest BCUT2D eigenvalue weighted by Gasteiger charge is -2.27. The van der Waals surface area contributed by atoms with Gasteiger partial charge in [-0.3, -0.25) is 9.59 Å². The van der Waals surface area contributed by atoms with E-state index < -0.39 is 5.54 Å². The molecule has 2 aromatic rings. The van der Waals surface area contributed by atoms with Crippen LogP contribution >= 0.6 is 11.6 Å². The highest BCUT2D eigenvalue weighted by Gasteiger charge is 2.23. The topological polar surface area (TPSA) is 58.2 Å². The molecule has 0 aliphatic heterocycles. The first-order valence-electron chi connectivity index (χ1n) is 7.29. The summed E-state index contributed by atoms with van der Waals surface area (Å²) in [6, 6.07) is 16.1. The van der Waals surface area contributed by atoms with Crippen LogP contribution in [0.5, 0.6) is 0 Å². The van der Waals surface area contributed by atoms with Gasteiger partial charge in [0.25, 0.3) is 5.91 Å². The fraction of sp³-hybridized carbons (Fsp3) is 0.222. The summed E-state index contributed by atoms with van der Waals surface area (Å²) in [4.78, 5) is 24.0. The van der Waals surface area contributed by atoms with E-state index in [4.69, 9.17) is 11.6 Å². The quantitative estimate of drug-likeness (QED) is 0.885. The first kappa shape index (κ1) is 17.0. The van der Waals surface area contributed by atoms with Crippen molar-refractivity contribution in [3.05, 3.63) is 70.7 Å². The van der Waals surface area contributed by atoms with Gasteiger partial charge < -0.3 is 10.6 Å². The maximum Gasteiger partial charge on any atom is 0.251 e. The molecule has 2 aromatic carbocycles. The highest BCUT2D eigenvalue weighted by Crippen LogP contribution is 2.22. The van der Waals surface area contributed by atoms with Crippen molar-refractivity contribution in [1.29, 1.82) is 0 Å². The molecule has 0 aliphatic carbocycles. The number of hydrogen-bond donors (Lipinski definition) is 2. The maximum absolute atomic E-state index is 12.1. The molecular formula is C18H19ClN2O2. The molecule has 0 aromatic heterocycles. The second-order valence-corrected chi connectivity index (χ2v) is 6.17. The Bertz CT molecular complexity index is 699. The summed E-state index contributed by atoms with van der Waals surface area (Å²) in [5.41, 5.74) is 0.835. The molecule has 2 amide bonds. The molecule has 0 radical (unpaired) electrons. The predicted octanol–water partition coefficient (Wildman–Crippen LogP) is 3.12. The number of carbonyl (C=O) groups excluding carboxylic acids is 2.